The van der Waals surface area contributed by atoms with Crippen LogP contribution in [0.25, 0.3) is 0 Å². The molecule has 0 aliphatic rings. The van der Waals surface area contributed by atoms with Gasteiger partial charge in [-0.1, -0.05) is 70.8 Å². The summed E-state index contributed by atoms with van der Waals surface area (Å²) in [5.41, 5.74) is 5.05. The molecule has 1 unspecified atom stereocenters. The molecule has 0 aliphatic carbocycles. The molecule has 1 aromatic heterocycles. The van der Waals surface area contributed by atoms with Crippen LogP contribution in [0.1, 0.15) is 65.1 Å². The van der Waals surface area contributed by atoms with E-state index in [1.807, 2.05) is 24.9 Å². The number of benzene rings is 1. The summed E-state index contributed by atoms with van der Waals surface area (Å²) in [6.07, 6.45) is 5.69. The number of aromatic nitrogens is 2. The molecule has 34 heavy (non-hydrogen) atoms. The van der Waals surface area contributed by atoms with Gasteiger partial charge in [-0.2, -0.15) is 0 Å². The van der Waals surface area contributed by atoms with Gasteiger partial charge in [0.25, 0.3) is 0 Å². The molecule has 3 N–H and O–H groups in total. The second-order valence-electron chi connectivity index (χ2n) is 11.1. The Morgan fingerprint density at radius 2 is 1.71 bits per heavy atom. The van der Waals surface area contributed by atoms with E-state index in [-0.39, 0.29) is 17.0 Å². The Hall–Kier alpha value is -2.95. The van der Waals surface area contributed by atoms with E-state index in [4.69, 9.17) is 0 Å². The van der Waals surface area contributed by atoms with Crippen LogP contribution >= 0.6 is 0 Å². The van der Waals surface area contributed by atoms with Gasteiger partial charge in [-0.15, -0.1) is 0 Å². The molecule has 186 valence electrons. The highest BCUT2D eigenvalue weighted by atomic mass is 15.1. The van der Waals surface area contributed by atoms with Gasteiger partial charge in [-0.25, -0.2) is 4.98 Å². The first-order valence-electron chi connectivity index (χ1n) is 12.2. The predicted molar refractivity (Wildman–Crippen MR) is 147 cm³/mol. The molecule has 0 bridgehead atoms. The lowest BCUT2D eigenvalue weighted by Crippen LogP contribution is -2.48. The zero-order valence-electron chi connectivity index (χ0n) is 22.4. The van der Waals surface area contributed by atoms with Crippen molar-refractivity contribution in [2.75, 3.05) is 5.32 Å². The zero-order valence-corrected chi connectivity index (χ0v) is 22.4. The largest absolute Gasteiger partial charge is 0.379 e. The molecule has 5 heteroatoms. The summed E-state index contributed by atoms with van der Waals surface area (Å²) in [4.78, 5) is 4.48. The van der Waals surface area contributed by atoms with E-state index in [1.165, 1.54) is 5.56 Å². The minimum atomic E-state index is -0.360. The van der Waals surface area contributed by atoms with Gasteiger partial charge < -0.3 is 20.5 Å². The van der Waals surface area contributed by atoms with E-state index in [0.29, 0.717) is 0 Å². The highest BCUT2D eigenvalue weighted by Gasteiger charge is 2.26. The number of nitrogens with zero attached hydrogens (tertiary/aromatic N) is 2. The average molecular weight is 464 g/mol. The maximum Gasteiger partial charge on any atom is 0.151 e. The molecule has 0 fully saturated rings. The van der Waals surface area contributed by atoms with Crippen LogP contribution in [0.3, 0.4) is 0 Å². The molecule has 0 radical (unpaired) electrons. The van der Waals surface area contributed by atoms with Crippen LogP contribution in [0.2, 0.25) is 0 Å². The van der Waals surface area contributed by atoms with E-state index in [1.54, 1.807) is 0 Å². The van der Waals surface area contributed by atoms with Crippen molar-refractivity contribution in [1.29, 1.82) is 0 Å². The van der Waals surface area contributed by atoms with E-state index >= 15 is 0 Å². The lowest BCUT2D eigenvalue weighted by Gasteiger charge is -2.36. The van der Waals surface area contributed by atoms with Crippen LogP contribution in [0.5, 0.6) is 0 Å². The maximum absolute atomic E-state index is 4.48. The van der Waals surface area contributed by atoms with Gasteiger partial charge in [0, 0.05) is 24.1 Å². The zero-order chi connectivity index (χ0) is 25.5. The Labute approximate surface area is 207 Å². The molecule has 2 aromatic rings. The summed E-state index contributed by atoms with van der Waals surface area (Å²) in [5, 5.41) is 10.7. The normalized spacial score (nSPS) is 12.7. The Kier molecular flexibility index (Phi) is 9.20. The predicted octanol–water partition coefficient (Wildman–Crippen LogP) is 6.47. The van der Waals surface area contributed by atoms with Crippen molar-refractivity contribution in [1.82, 2.24) is 20.2 Å². The van der Waals surface area contributed by atoms with Crippen molar-refractivity contribution < 1.29 is 0 Å². The smallest absolute Gasteiger partial charge is 0.151 e. The minimum absolute atomic E-state index is 0.00887. The lowest BCUT2D eigenvalue weighted by molar-refractivity contribution is 0.370. The van der Waals surface area contributed by atoms with E-state index in [0.717, 1.165) is 54.3 Å². The number of nitrogens with one attached hydrogen (secondary N) is 3. The third-order valence-corrected chi connectivity index (χ3v) is 6.07. The average Bonchev–Trinajstić information content (AvgIpc) is 3.03. The van der Waals surface area contributed by atoms with Gasteiger partial charge >= 0.3 is 0 Å². The highest BCUT2D eigenvalue weighted by Crippen LogP contribution is 2.25. The number of rotatable bonds is 13. The van der Waals surface area contributed by atoms with Gasteiger partial charge in [-0.3, -0.25) is 0 Å². The van der Waals surface area contributed by atoms with Gasteiger partial charge in [0.15, 0.2) is 5.82 Å². The third kappa shape index (κ3) is 8.44. The number of anilines is 1. The molecule has 0 amide bonds. The third-order valence-electron chi connectivity index (χ3n) is 6.07. The topological polar surface area (TPSA) is 53.9 Å². The summed E-state index contributed by atoms with van der Waals surface area (Å²) < 4.78 is 2.00. The number of allylic oxidation sites excluding steroid dienone is 1. The molecule has 0 spiro atoms. The summed E-state index contributed by atoms with van der Waals surface area (Å²) in [6.45, 7) is 26.0. The Balaban J connectivity index is 2.10. The molecule has 2 rings (SSSR count). The SMILES string of the molecule is C=C(CC(C)(C)C)NC(C)(C)C(=C)NC(CCCc1ccccc1)C(=C)Nc1ncn(C)c1C. The fraction of sp³-hybridized carbons (Fsp3) is 0.483. The Bertz CT molecular complexity index is 976. The summed E-state index contributed by atoms with van der Waals surface area (Å²) in [5.74, 6) is 0.837. The second-order valence-corrected chi connectivity index (χ2v) is 11.1. The number of aryl methyl sites for hydroxylation is 2. The van der Waals surface area contributed by atoms with Gasteiger partial charge in [0.05, 0.1) is 23.6 Å². The standard InChI is InChI=1S/C29H45N5/c1-21(19-28(5,6)7)33-29(8,9)24(4)32-26(18-14-17-25-15-12-11-13-16-25)22(2)31-27-23(3)34(10)20-30-27/h11-13,15-16,20,26,31-33H,1-2,4,14,17-19H2,3,5-10H3. The van der Waals surface area contributed by atoms with Crippen LogP contribution in [-0.2, 0) is 13.5 Å². The number of imidazole rings is 1. The molecule has 0 saturated carbocycles. The van der Waals surface area contributed by atoms with Crippen molar-refractivity contribution in [2.24, 2.45) is 12.5 Å². The van der Waals surface area contributed by atoms with E-state index in [9.17, 15) is 0 Å². The summed E-state index contributed by atoms with van der Waals surface area (Å²) in [6, 6.07) is 10.6. The monoisotopic (exact) mass is 463 g/mol. The van der Waals surface area contributed by atoms with Crippen LogP contribution in [0.15, 0.2) is 73.5 Å². The fourth-order valence-corrected chi connectivity index (χ4v) is 3.93. The van der Waals surface area contributed by atoms with E-state index in [2.05, 4.69) is 106 Å². The first kappa shape index (κ1) is 27.3. The van der Waals surface area contributed by atoms with Crippen LogP contribution in [0, 0.1) is 12.3 Å². The first-order valence-corrected chi connectivity index (χ1v) is 12.2. The van der Waals surface area contributed by atoms with Gasteiger partial charge in [-0.05, 0) is 57.4 Å². The van der Waals surface area contributed by atoms with Gasteiger partial charge in [0.1, 0.15) is 0 Å². The second kappa shape index (κ2) is 11.5. The van der Waals surface area contributed by atoms with Gasteiger partial charge in [0.2, 0.25) is 0 Å². The van der Waals surface area contributed by atoms with Crippen LogP contribution in [-0.4, -0.2) is 21.1 Å². The Morgan fingerprint density at radius 1 is 1.06 bits per heavy atom. The van der Waals surface area contributed by atoms with Crippen LogP contribution < -0.4 is 16.0 Å². The molecule has 1 atom stereocenters. The molecule has 0 saturated heterocycles. The molecular formula is C29H45N5. The molecule has 1 heterocycles. The van der Waals surface area contributed by atoms with Crippen LogP contribution in [0.4, 0.5) is 5.82 Å². The molecular weight excluding hydrogens is 418 g/mol. The summed E-state index contributed by atoms with van der Waals surface area (Å²) >= 11 is 0. The lowest BCUT2D eigenvalue weighted by atomic mass is 9.89. The van der Waals surface area contributed by atoms with Crippen molar-refractivity contribution in [3.05, 3.63) is 84.7 Å². The van der Waals surface area contributed by atoms with Crippen molar-refractivity contribution in [3.63, 3.8) is 0 Å². The molecule has 1 aromatic carbocycles. The quantitative estimate of drug-likeness (QED) is 0.319. The highest BCUT2D eigenvalue weighted by molar-refractivity contribution is 5.46. The van der Waals surface area contributed by atoms with Crippen molar-refractivity contribution >= 4 is 5.82 Å². The first-order chi connectivity index (χ1) is 15.8. The minimum Gasteiger partial charge on any atom is -0.379 e. The molecule has 0 aliphatic heterocycles. The van der Waals surface area contributed by atoms with E-state index < -0.39 is 0 Å². The number of hydrogen-bond acceptors (Lipinski definition) is 4. The Morgan fingerprint density at radius 3 is 2.26 bits per heavy atom. The molecule has 5 nitrogen and oxygen atoms in total. The fourth-order valence-electron chi connectivity index (χ4n) is 3.93. The number of hydrogen-bond donors (Lipinski definition) is 3. The van der Waals surface area contributed by atoms with Crippen molar-refractivity contribution in [2.45, 2.75) is 78.8 Å². The summed E-state index contributed by atoms with van der Waals surface area (Å²) in [7, 11) is 1.99. The maximum atomic E-state index is 4.48. The van der Waals surface area contributed by atoms with Crippen molar-refractivity contribution in [3.8, 4) is 0 Å².